The summed E-state index contributed by atoms with van der Waals surface area (Å²) in [5, 5.41) is 11.9. The highest BCUT2D eigenvalue weighted by molar-refractivity contribution is 6.31. The van der Waals surface area contributed by atoms with Gasteiger partial charge in [0.1, 0.15) is 5.82 Å². The molecule has 0 radical (unpaired) electrons. The predicted octanol–water partition coefficient (Wildman–Crippen LogP) is 4.35. The maximum Gasteiger partial charge on any atom is 0.269 e. The van der Waals surface area contributed by atoms with Crippen molar-refractivity contribution in [2.24, 2.45) is 0 Å². The summed E-state index contributed by atoms with van der Waals surface area (Å²) < 4.78 is 1.76. The fraction of sp³-hybridized carbons (Fsp3) is 0.348. The first-order valence-corrected chi connectivity index (χ1v) is 10.9. The number of rotatable bonds is 4. The SMILES string of the molecule is CN(Cc1cc([N+](=O)[O-])ccc1Cl)C(=O)c1ccc2c(=O)n3c(nc2c1)CCCCCC3. The van der Waals surface area contributed by atoms with E-state index in [1.54, 1.807) is 29.8 Å². The minimum atomic E-state index is -0.500. The van der Waals surface area contributed by atoms with E-state index in [4.69, 9.17) is 16.6 Å². The number of nitro benzene ring substituents is 1. The van der Waals surface area contributed by atoms with Gasteiger partial charge in [0.05, 0.1) is 15.8 Å². The van der Waals surface area contributed by atoms with Gasteiger partial charge in [0, 0.05) is 49.3 Å². The van der Waals surface area contributed by atoms with Crippen molar-refractivity contribution in [3.05, 3.63) is 78.8 Å². The molecule has 0 bridgehead atoms. The van der Waals surface area contributed by atoms with Crippen molar-refractivity contribution in [2.75, 3.05) is 7.05 Å². The lowest BCUT2D eigenvalue weighted by atomic mass is 10.1. The van der Waals surface area contributed by atoms with E-state index < -0.39 is 4.92 Å². The highest BCUT2D eigenvalue weighted by atomic mass is 35.5. The normalized spacial score (nSPS) is 13.8. The molecule has 0 atom stereocenters. The molecule has 32 heavy (non-hydrogen) atoms. The second-order valence-corrected chi connectivity index (χ2v) is 8.48. The molecule has 3 aromatic rings. The molecule has 4 rings (SSSR count). The number of hydrogen-bond donors (Lipinski definition) is 0. The van der Waals surface area contributed by atoms with E-state index in [-0.39, 0.29) is 23.7 Å². The number of amides is 1. The molecule has 1 aliphatic heterocycles. The summed E-state index contributed by atoms with van der Waals surface area (Å²) in [5.41, 5.74) is 1.23. The third-order valence-electron chi connectivity index (χ3n) is 5.81. The first-order chi connectivity index (χ1) is 15.3. The topological polar surface area (TPSA) is 98.3 Å². The average Bonchev–Trinajstić information content (AvgIpc) is 2.75. The van der Waals surface area contributed by atoms with Gasteiger partial charge in [-0.3, -0.25) is 24.3 Å². The van der Waals surface area contributed by atoms with Gasteiger partial charge < -0.3 is 4.90 Å². The van der Waals surface area contributed by atoms with Crippen LogP contribution in [0.4, 0.5) is 5.69 Å². The Morgan fingerprint density at radius 2 is 1.97 bits per heavy atom. The summed E-state index contributed by atoms with van der Waals surface area (Å²) >= 11 is 6.18. The molecule has 0 spiro atoms. The Hall–Kier alpha value is -3.26. The minimum Gasteiger partial charge on any atom is -0.337 e. The van der Waals surface area contributed by atoms with Crippen LogP contribution in [0, 0.1) is 10.1 Å². The van der Waals surface area contributed by atoms with Crippen LogP contribution in [0.1, 0.15) is 47.4 Å². The average molecular weight is 455 g/mol. The van der Waals surface area contributed by atoms with Crippen LogP contribution in [0.2, 0.25) is 5.02 Å². The number of carbonyl (C=O) groups is 1. The highest BCUT2D eigenvalue weighted by Crippen LogP contribution is 2.24. The Morgan fingerprint density at radius 3 is 2.75 bits per heavy atom. The highest BCUT2D eigenvalue weighted by Gasteiger charge is 2.18. The van der Waals surface area contributed by atoms with Crippen molar-refractivity contribution in [1.29, 1.82) is 0 Å². The van der Waals surface area contributed by atoms with E-state index in [1.165, 1.54) is 23.1 Å². The van der Waals surface area contributed by atoms with Crippen LogP contribution in [0.15, 0.2) is 41.2 Å². The maximum absolute atomic E-state index is 13.0. The van der Waals surface area contributed by atoms with Gasteiger partial charge in [-0.05, 0) is 42.7 Å². The van der Waals surface area contributed by atoms with Gasteiger partial charge >= 0.3 is 0 Å². The summed E-state index contributed by atoms with van der Waals surface area (Å²) in [6.07, 6.45) is 4.93. The van der Waals surface area contributed by atoms with Crippen molar-refractivity contribution in [3.8, 4) is 0 Å². The zero-order valence-electron chi connectivity index (χ0n) is 17.7. The molecule has 0 saturated heterocycles. The monoisotopic (exact) mass is 454 g/mol. The van der Waals surface area contributed by atoms with Gasteiger partial charge in [0.15, 0.2) is 0 Å². The fourth-order valence-electron chi connectivity index (χ4n) is 4.07. The predicted molar refractivity (Wildman–Crippen MR) is 122 cm³/mol. The molecule has 8 nitrogen and oxygen atoms in total. The summed E-state index contributed by atoms with van der Waals surface area (Å²) in [5.74, 6) is 0.478. The molecular weight excluding hydrogens is 432 g/mol. The van der Waals surface area contributed by atoms with Crippen LogP contribution in [0.25, 0.3) is 10.9 Å². The third kappa shape index (κ3) is 4.36. The second kappa shape index (κ2) is 9.08. The van der Waals surface area contributed by atoms with E-state index in [0.717, 1.165) is 37.9 Å². The van der Waals surface area contributed by atoms with E-state index >= 15 is 0 Å². The molecule has 2 aromatic carbocycles. The number of aromatic nitrogens is 2. The molecule has 2 heterocycles. The zero-order valence-corrected chi connectivity index (χ0v) is 18.5. The number of fused-ring (bicyclic) bond motifs is 2. The van der Waals surface area contributed by atoms with Crippen molar-refractivity contribution < 1.29 is 9.72 Å². The number of non-ortho nitro benzene ring substituents is 1. The number of carbonyl (C=O) groups excluding carboxylic acids is 1. The van der Waals surface area contributed by atoms with Crippen molar-refractivity contribution in [1.82, 2.24) is 14.5 Å². The van der Waals surface area contributed by atoms with Crippen LogP contribution in [-0.2, 0) is 19.5 Å². The quantitative estimate of drug-likeness (QED) is 0.431. The van der Waals surface area contributed by atoms with Gasteiger partial charge in [-0.2, -0.15) is 0 Å². The first kappa shape index (κ1) is 22.0. The number of halogens is 1. The van der Waals surface area contributed by atoms with Gasteiger partial charge in [0.25, 0.3) is 17.2 Å². The van der Waals surface area contributed by atoms with Gasteiger partial charge in [-0.25, -0.2) is 4.98 Å². The van der Waals surface area contributed by atoms with E-state index in [9.17, 15) is 19.7 Å². The number of nitrogens with zero attached hydrogens (tertiary/aromatic N) is 4. The van der Waals surface area contributed by atoms with Crippen LogP contribution in [0.5, 0.6) is 0 Å². The molecular formula is C23H23ClN4O4. The smallest absolute Gasteiger partial charge is 0.269 e. The van der Waals surface area contributed by atoms with E-state index in [1.807, 2.05) is 0 Å². The third-order valence-corrected chi connectivity index (χ3v) is 6.18. The molecule has 0 saturated carbocycles. The fourth-order valence-corrected chi connectivity index (χ4v) is 4.25. The molecule has 9 heteroatoms. The minimum absolute atomic E-state index is 0.0670. The van der Waals surface area contributed by atoms with E-state index in [2.05, 4.69) is 0 Å². The van der Waals surface area contributed by atoms with Crippen LogP contribution in [-0.4, -0.2) is 32.3 Å². The molecule has 0 unspecified atom stereocenters. The summed E-state index contributed by atoms with van der Waals surface area (Å²) in [7, 11) is 1.60. The molecule has 1 aliphatic rings. The molecule has 0 N–H and O–H groups in total. The van der Waals surface area contributed by atoms with Gasteiger partial charge in [-0.15, -0.1) is 0 Å². The Morgan fingerprint density at radius 1 is 1.19 bits per heavy atom. The van der Waals surface area contributed by atoms with Crippen molar-refractivity contribution >= 4 is 34.1 Å². The van der Waals surface area contributed by atoms with E-state index in [0.29, 0.717) is 33.6 Å². The molecule has 1 amide bonds. The van der Waals surface area contributed by atoms with Crippen molar-refractivity contribution in [3.63, 3.8) is 0 Å². The number of hydrogen-bond acceptors (Lipinski definition) is 5. The van der Waals surface area contributed by atoms with Crippen LogP contribution < -0.4 is 5.56 Å². The van der Waals surface area contributed by atoms with Crippen molar-refractivity contribution in [2.45, 2.75) is 45.2 Å². The Balaban J connectivity index is 1.64. The lowest BCUT2D eigenvalue weighted by Gasteiger charge is -2.19. The second-order valence-electron chi connectivity index (χ2n) is 8.08. The molecule has 166 valence electrons. The maximum atomic E-state index is 13.0. The van der Waals surface area contributed by atoms with Crippen LogP contribution in [0.3, 0.4) is 0 Å². The summed E-state index contributed by atoms with van der Waals surface area (Å²) in [4.78, 5) is 42.7. The van der Waals surface area contributed by atoms with Gasteiger partial charge in [0.2, 0.25) is 0 Å². The first-order valence-electron chi connectivity index (χ1n) is 10.6. The number of nitro groups is 1. The Bertz CT molecular complexity index is 1270. The Kier molecular flexibility index (Phi) is 6.23. The standard InChI is InChI=1S/C23H23ClN4O4/c1-26(14-16-12-17(28(31)32)8-10-19(16)24)22(29)15-7-9-18-20(13-15)25-21-6-4-2-3-5-11-27(21)23(18)30/h7-10,12-13H,2-6,11,14H2,1H3. The zero-order chi connectivity index (χ0) is 22.8. The largest absolute Gasteiger partial charge is 0.337 e. The lowest BCUT2D eigenvalue weighted by molar-refractivity contribution is -0.384. The lowest BCUT2D eigenvalue weighted by Crippen LogP contribution is -2.28. The number of aryl methyl sites for hydroxylation is 1. The van der Waals surface area contributed by atoms with Gasteiger partial charge in [-0.1, -0.05) is 24.4 Å². The number of benzene rings is 2. The Labute approximate surface area is 189 Å². The summed E-state index contributed by atoms with van der Waals surface area (Å²) in [6, 6.07) is 9.06. The van der Waals surface area contributed by atoms with Crippen LogP contribution >= 0.6 is 11.6 Å². The summed E-state index contributed by atoms with van der Waals surface area (Å²) in [6.45, 7) is 0.780. The molecule has 0 fully saturated rings. The molecule has 1 aromatic heterocycles. The molecule has 0 aliphatic carbocycles.